The van der Waals surface area contributed by atoms with E-state index >= 15 is 0 Å². The zero-order valence-electron chi connectivity index (χ0n) is 14.0. The average molecular weight is 358 g/mol. The first kappa shape index (κ1) is 17.2. The maximum atomic E-state index is 5.97. The summed E-state index contributed by atoms with van der Waals surface area (Å²) < 4.78 is 7.73. The Balaban J connectivity index is 1.64. The summed E-state index contributed by atoms with van der Waals surface area (Å²) in [5.41, 5.74) is 2.11. The molecule has 25 heavy (non-hydrogen) atoms. The summed E-state index contributed by atoms with van der Waals surface area (Å²) in [5.74, 6) is 1.49. The normalized spacial score (nSPS) is 10.6. The van der Waals surface area contributed by atoms with Crippen LogP contribution in [0.15, 0.2) is 48.5 Å². The minimum absolute atomic E-state index is 0.488. The van der Waals surface area contributed by atoms with Gasteiger partial charge in [0.25, 0.3) is 0 Å². The Morgan fingerprint density at radius 1 is 1.12 bits per heavy atom. The Hall–Kier alpha value is -2.60. The number of halogens is 1. The zero-order valence-corrected chi connectivity index (χ0v) is 14.8. The maximum Gasteiger partial charge on any atom is 0.243 e. The second kappa shape index (κ2) is 8.48. The minimum atomic E-state index is 0.488. The molecule has 2 aromatic carbocycles. The summed E-state index contributed by atoms with van der Waals surface area (Å²) in [6.45, 7) is 3.94. The number of benzene rings is 2. The van der Waals surface area contributed by atoms with Crippen LogP contribution in [0.5, 0.6) is 5.75 Å². The third-order valence-electron chi connectivity index (χ3n) is 3.68. The third-order valence-corrected chi connectivity index (χ3v) is 3.94. The number of aryl methyl sites for hydroxylation is 1. The molecule has 0 radical (unpaired) electrons. The molecule has 3 aromatic rings. The molecule has 0 saturated heterocycles. The molecule has 1 aromatic heterocycles. The monoisotopic (exact) mass is 357 g/mol. The van der Waals surface area contributed by atoms with Gasteiger partial charge < -0.3 is 10.1 Å². The first-order valence-electron chi connectivity index (χ1n) is 8.21. The fourth-order valence-electron chi connectivity index (χ4n) is 2.40. The van der Waals surface area contributed by atoms with Crippen molar-refractivity contribution in [2.45, 2.75) is 33.0 Å². The van der Waals surface area contributed by atoms with Crippen LogP contribution in [-0.4, -0.2) is 20.2 Å². The molecule has 6 nitrogen and oxygen atoms in total. The van der Waals surface area contributed by atoms with Gasteiger partial charge in [0.05, 0.1) is 0 Å². The van der Waals surface area contributed by atoms with Crippen molar-refractivity contribution in [1.29, 1.82) is 0 Å². The number of anilines is 1. The van der Waals surface area contributed by atoms with E-state index < -0.39 is 0 Å². The van der Waals surface area contributed by atoms with Crippen LogP contribution in [-0.2, 0) is 19.7 Å². The molecule has 0 fully saturated rings. The highest BCUT2D eigenvalue weighted by molar-refractivity contribution is 6.30. The molecule has 1 heterocycles. The van der Waals surface area contributed by atoms with Crippen LogP contribution >= 0.6 is 11.6 Å². The Morgan fingerprint density at radius 2 is 1.92 bits per heavy atom. The van der Waals surface area contributed by atoms with Crippen LogP contribution in [0.1, 0.15) is 24.5 Å². The van der Waals surface area contributed by atoms with Gasteiger partial charge in [-0.15, -0.1) is 0 Å². The average Bonchev–Trinajstić information content (AvgIpc) is 3.08. The summed E-state index contributed by atoms with van der Waals surface area (Å²) in [6, 6.07) is 15.6. The molecule has 0 aliphatic carbocycles. The Kier molecular flexibility index (Phi) is 5.85. The van der Waals surface area contributed by atoms with Crippen LogP contribution in [0, 0.1) is 0 Å². The predicted octanol–water partition coefficient (Wildman–Crippen LogP) is 3.93. The van der Waals surface area contributed by atoms with Gasteiger partial charge in [0.2, 0.25) is 5.95 Å². The van der Waals surface area contributed by atoms with E-state index in [2.05, 4.69) is 27.8 Å². The standard InChI is InChI=1S/C18H20ClN5O/c1-2-11-24-18(21-22-23-24)20-12-15-5-3-4-6-17(15)25-13-14-7-9-16(19)10-8-14/h3-10H,2,11-13H2,1H3,(H,20,21,23). The molecular weight excluding hydrogens is 338 g/mol. The fraction of sp³-hybridized carbons (Fsp3) is 0.278. The highest BCUT2D eigenvalue weighted by Crippen LogP contribution is 2.21. The molecule has 0 bridgehead atoms. The number of tetrazole rings is 1. The maximum absolute atomic E-state index is 5.97. The van der Waals surface area contributed by atoms with Crippen LogP contribution in [0.4, 0.5) is 5.95 Å². The van der Waals surface area contributed by atoms with Gasteiger partial charge in [-0.2, -0.15) is 0 Å². The van der Waals surface area contributed by atoms with Crippen molar-refractivity contribution in [3.8, 4) is 5.75 Å². The second-order valence-electron chi connectivity index (χ2n) is 5.60. The van der Waals surface area contributed by atoms with E-state index in [4.69, 9.17) is 16.3 Å². The highest BCUT2D eigenvalue weighted by atomic mass is 35.5. The van der Waals surface area contributed by atoms with Crippen molar-refractivity contribution in [3.63, 3.8) is 0 Å². The summed E-state index contributed by atoms with van der Waals surface area (Å²) in [6.07, 6.45) is 0.973. The zero-order chi connectivity index (χ0) is 17.5. The minimum Gasteiger partial charge on any atom is -0.489 e. The van der Waals surface area contributed by atoms with Gasteiger partial charge >= 0.3 is 0 Å². The number of hydrogen-bond acceptors (Lipinski definition) is 5. The Labute approximate surface area is 151 Å². The number of rotatable bonds is 8. The first-order chi connectivity index (χ1) is 12.3. The Bertz CT molecular complexity index is 803. The van der Waals surface area contributed by atoms with Crippen LogP contribution < -0.4 is 10.1 Å². The van der Waals surface area contributed by atoms with E-state index in [-0.39, 0.29) is 0 Å². The molecule has 0 amide bonds. The molecule has 0 aliphatic rings. The third kappa shape index (κ3) is 4.70. The van der Waals surface area contributed by atoms with Crippen molar-refractivity contribution < 1.29 is 4.74 Å². The molecule has 1 N–H and O–H groups in total. The summed E-state index contributed by atoms with van der Waals surface area (Å²) in [5, 5.41) is 15.7. The van der Waals surface area contributed by atoms with E-state index in [9.17, 15) is 0 Å². The second-order valence-corrected chi connectivity index (χ2v) is 6.04. The van der Waals surface area contributed by atoms with E-state index in [0.717, 1.165) is 34.9 Å². The largest absolute Gasteiger partial charge is 0.489 e. The van der Waals surface area contributed by atoms with Crippen molar-refractivity contribution in [3.05, 3.63) is 64.7 Å². The summed E-state index contributed by atoms with van der Waals surface area (Å²) >= 11 is 5.91. The van der Waals surface area contributed by atoms with E-state index in [1.165, 1.54) is 0 Å². The Morgan fingerprint density at radius 3 is 2.72 bits per heavy atom. The van der Waals surface area contributed by atoms with Crippen molar-refractivity contribution in [2.24, 2.45) is 0 Å². The summed E-state index contributed by atoms with van der Waals surface area (Å²) in [7, 11) is 0. The first-order valence-corrected chi connectivity index (χ1v) is 8.59. The molecule has 0 aliphatic heterocycles. The lowest BCUT2D eigenvalue weighted by Gasteiger charge is -2.12. The van der Waals surface area contributed by atoms with Gasteiger partial charge in [0.1, 0.15) is 12.4 Å². The predicted molar refractivity (Wildman–Crippen MR) is 97.7 cm³/mol. The van der Waals surface area contributed by atoms with Crippen molar-refractivity contribution in [1.82, 2.24) is 20.2 Å². The van der Waals surface area contributed by atoms with E-state index in [1.807, 2.05) is 48.5 Å². The molecule has 7 heteroatoms. The molecule has 0 spiro atoms. The van der Waals surface area contributed by atoms with Gasteiger partial charge in [-0.3, -0.25) is 0 Å². The van der Waals surface area contributed by atoms with Gasteiger partial charge in [0, 0.05) is 23.7 Å². The highest BCUT2D eigenvalue weighted by Gasteiger charge is 2.07. The molecule has 3 rings (SSSR count). The van der Waals surface area contributed by atoms with Gasteiger partial charge in [0.15, 0.2) is 0 Å². The van der Waals surface area contributed by atoms with E-state index in [1.54, 1.807) is 4.68 Å². The number of aromatic nitrogens is 4. The lowest BCUT2D eigenvalue weighted by molar-refractivity contribution is 0.303. The number of ether oxygens (including phenoxy) is 1. The molecule has 0 unspecified atom stereocenters. The molecular formula is C18H20ClN5O. The molecule has 0 atom stereocenters. The lowest BCUT2D eigenvalue weighted by atomic mass is 10.2. The molecule has 0 saturated carbocycles. The lowest BCUT2D eigenvalue weighted by Crippen LogP contribution is -2.09. The van der Waals surface area contributed by atoms with Crippen molar-refractivity contribution in [2.75, 3.05) is 5.32 Å². The smallest absolute Gasteiger partial charge is 0.243 e. The summed E-state index contributed by atoms with van der Waals surface area (Å²) in [4.78, 5) is 0. The van der Waals surface area contributed by atoms with Crippen LogP contribution in [0.3, 0.4) is 0 Å². The number of hydrogen-bond donors (Lipinski definition) is 1. The SMILES string of the molecule is CCCn1nnnc1NCc1ccccc1OCc1ccc(Cl)cc1. The number of nitrogens with one attached hydrogen (secondary N) is 1. The van der Waals surface area contributed by atoms with Gasteiger partial charge in [-0.05, 0) is 40.6 Å². The quantitative estimate of drug-likeness (QED) is 0.661. The van der Waals surface area contributed by atoms with Crippen molar-refractivity contribution >= 4 is 17.5 Å². The van der Waals surface area contributed by atoms with Gasteiger partial charge in [-0.1, -0.05) is 54.0 Å². The fourth-order valence-corrected chi connectivity index (χ4v) is 2.53. The topological polar surface area (TPSA) is 64.9 Å². The van der Waals surface area contributed by atoms with Crippen LogP contribution in [0.2, 0.25) is 5.02 Å². The molecule has 130 valence electrons. The van der Waals surface area contributed by atoms with Crippen LogP contribution in [0.25, 0.3) is 0 Å². The number of para-hydroxylation sites is 1. The van der Waals surface area contributed by atoms with Gasteiger partial charge in [-0.25, -0.2) is 4.68 Å². The number of nitrogens with zero attached hydrogens (tertiary/aromatic N) is 4. The van der Waals surface area contributed by atoms with E-state index in [0.29, 0.717) is 19.1 Å².